The standard InChI is InChI=1S/C9H10FO.BrH.Zn/c1-7(2)11-9-6-4-3-5-8(9)10;;/h3,5-7H,1-2H3;1H;/q-1;;+2/p-1. The van der Waals surface area contributed by atoms with Gasteiger partial charge in [-0.3, -0.25) is 0 Å². The first-order valence-electron chi connectivity index (χ1n) is 3.79. The molecule has 4 heteroatoms. The van der Waals surface area contributed by atoms with Gasteiger partial charge in [-0.05, 0) is 13.8 Å². The molecule has 0 radical (unpaired) electrons. The summed E-state index contributed by atoms with van der Waals surface area (Å²) in [6, 6.07) is 7.08. The summed E-state index contributed by atoms with van der Waals surface area (Å²) >= 11 is 4.25. The fourth-order valence-corrected chi connectivity index (χ4v) is 0.740. The van der Waals surface area contributed by atoms with Crippen LogP contribution >= 0.6 is 13.6 Å². The molecule has 13 heavy (non-hydrogen) atoms. The van der Waals surface area contributed by atoms with Crippen molar-refractivity contribution in [3.05, 3.63) is 30.1 Å². The predicted molar refractivity (Wildman–Crippen MR) is 49.9 cm³/mol. The van der Waals surface area contributed by atoms with Crippen molar-refractivity contribution < 1.29 is 25.5 Å². The van der Waals surface area contributed by atoms with Crippen molar-refractivity contribution in [2.75, 3.05) is 0 Å². The first kappa shape index (κ1) is 13.1. The van der Waals surface area contributed by atoms with Crippen LogP contribution in [0.4, 0.5) is 4.39 Å². The first-order valence-corrected chi connectivity index (χ1v) is 10.7. The molecular formula is C9H10BrFOZn. The molecule has 1 aromatic rings. The van der Waals surface area contributed by atoms with Crippen molar-refractivity contribution in [1.29, 1.82) is 0 Å². The zero-order chi connectivity index (χ0) is 10.3. The molecule has 0 aromatic heterocycles. The van der Waals surface area contributed by atoms with Crippen LogP contribution in [0.2, 0.25) is 0 Å². The normalized spacial score (nSPS) is 9.15. The van der Waals surface area contributed by atoms with Crippen LogP contribution in [0, 0.1) is 11.9 Å². The predicted octanol–water partition coefficient (Wildman–Crippen LogP) is 3.26. The third-order valence-electron chi connectivity index (χ3n) is 1.14. The van der Waals surface area contributed by atoms with Gasteiger partial charge < -0.3 is 4.74 Å². The summed E-state index contributed by atoms with van der Waals surface area (Å²) in [5.74, 6) is -0.0695. The molecular weight excluding hydrogens is 288 g/mol. The van der Waals surface area contributed by atoms with E-state index in [0.29, 0.717) is 0 Å². The zero-order valence-electron chi connectivity index (χ0n) is 7.68. The van der Waals surface area contributed by atoms with Gasteiger partial charge in [0.25, 0.3) is 0 Å². The van der Waals surface area contributed by atoms with E-state index in [0.717, 1.165) is 0 Å². The van der Waals surface area contributed by atoms with E-state index in [1.807, 2.05) is 13.8 Å². The summed E-state index contributed by atoms with van der Waals surface area (Å²) < 4.78 is 17.9. The van der Waals surface area contributed by atoms with Crippen LogP contribution < -0.4 is 4.74 Å². The van der Waals surface area contributed by atoms with E-state index in [2.05, 4.69) is 19.7 Å². The van der Waals surface area contributed by atoms with Gasteiger partial charge in [0.05, 0.1) is 11.9 Å². The Morgan fingerprint density at radius 2 is 2.15 bits per heavy atom. The number of hydrogen-bond donors (Lipinski definition) is 0. The molecule has 0 atom stereocenters. The Balaban J connectivity index is 0.000000671. The number of rotatable bonds is 2. The van der Waals surface area contributed by atoms with Gasteiger partial charge in [0.2, 0.25) is 0 Å². The van der Waals surface area contributed by atoms with E-state index in [4.69, 9.17) is 4.74 Å². The molecule has 1 nitrogen and oxygen atoms in total. The Kier molecular flexibility index (Phi) is 7.49. The average molecular weight is 298 g/mol. The second kappa shape index (κ2) is 7.46. The quantitative estimate of drug-likeness (QED) is 0.601. The van der Waals surface area contributed by atoms with Crippen LogP contribution in [-0.2, 0) is 16.3 Å². The van der Waals surface area contributed by atoms with Crippen LogP contribution in [0.5, 0.6) is 5.75 Å². The second-order valence-electron chi connectivity index (χ2n) is 2.52. The molecule has 0 N–H and O–H groups in total. The van der Waals surface area contributed by atoms with Gasteiger partial charge >= 0.3 is 30.0 Å². The van der Waals surface area contributed by atoms with E-state index in [-0.39, 0.29) is 17.7 Å². The van der Waals surface area contributed by atoms with E-state index < -0.39 is 0 Å². The molecule has 68 valence electrons. The summed E-state index contributed by atoms with van der Waals surface area (Å²) in [4.78, 5) is 0. The van der Waals surface area contributed by atoms with Crippen molar-refractivity contribution in [1.82, 2.24) is 0 Å². The van der Waals surface area contributed by atoms with Gasteiger partial charge in [-0.25, -0.2) is 4.39 Å². The maximum atomic E-state index is 12.8. The summed E-state index contributed by atoms with van der Waals surface area (Å²) in [6.07, 6.45) is 0.000278. The molecule has 0 unspecified atom stereocenters. The molecule has 0 saturated carbocycles. The van der Waals surface area contributed by atoms with Crippen molar-refractivity contribution in [2.45, 2.75) is 20.0 Å². The first-order chi connectivity index (χ1) is 6.20. The van der Waals surface area contributed by atoms with Crippen LogP contribution in [0.1, 0.15) is 13.8 Å². The number of benzene rings is 1. The number of halogens is 2. The van der Waals surface area contributed by atoms with E-state index >= 15 is 0 Å². The Morgan fingerprint density at radius 1 is 1.54 bits per heavy atom. The van der Waals surface area contributed by atoms with E-state index in [9.17, 15) is 4.39 Å². The third-order valence-corrected chi connectivity index (χ3v) is 1.14. The fourth-order valence-electron chi connectivity index (χ4n) is 0.740. The second-order valence-corrected chi connectivity index (χ2v) is 2.52. The van der Waals surface area contributed by atoms with Gasteiger partial charge in [-0.2, -0.15) is 12.1 Å². The summed E-state index contributed by atoms with van der Waals surface area (Å²) in [6.45, 7) is 3.71. The minimum absolute atomic E-state index is 0.000278. The molecule has 0 aliphatic rings. The van der Waals surface area contributed by atoms with Crippen LogP contribution in [0.15, 0.2) is 18.2 Å². The van der Waals surface area contributed by atoms with Gasteiger partial charge in [0.15, 0.2) is 0 Å². The molecule has 0 saturated heterocycles. The number of ether oxygens (including phenoxy) is 1. The zero-order valence-corrected chi connectivity index (χ0v) is 12.2. The summed E-state index contributed by atoms with van der Waals surface area (Å²) in [5, 5.41) is 0. The molecule has 0 aliphatic carbocycles. The summed E-state index contributed by atoms with van der Waals surface area (Å²) in [5.41, 5.74) is 0. The van der Waals surface area contributed by atoms with Crippen LogP contribution in [-0.4, -0.2) is 6.10 Å². The van der Waals surface area contributed by atoms with Gasteiger partial charge in [-0.1, -0.05) is 0 Å². The maximum absolute atomic E-state index is 12.8. The van der Waals surface area contributed by atoms with Crippen LogP contribution in [0.3, 0.4) is 0 Å². The van der Waals surface area contributed by atoms with Crippen molar-refractivity contribution >= 4 is 13.6 Å². The molecule has 0 aliphatic heterocycles. The van der Waals surface area contributed by atoms with Crippen molar-refractivity contribution in [3.8, 4) is 5.75 Å². The molecule has 0 amide bonds. The third kappa shape index (κ3) is 5.38. The molecule has 1 rings (SSSR count). The SMILES string of the molecule is CC(C)Oc1c[c-]ccc1F.[Zn+][Br]. The van der Waals surface area contributed by atoms with Crippen molar-refractivity contribution in [2.24, 2.45) is 0 Å². The van der Waals surface area contributed by atoms with Gasteiger partial charge in [0.1, 0.15) is 0 Å². The van der Waals surface area contributed by atoms with Crippen LogP contribution in [0.25, 0.3) is 0 Å². The Bertz CT molecular complexity index is 243. The molecule has 0 spiro atoms. The van der Waals surface area contributed by atoms with Crippen molar-refractivity contribution in [3.63, 3.8) is 0 Å². The van der Waals surface area contributed by atoms with E-state index in [1.54, 1.807) is 0 Å². The molecule has 0 heterocycles. The topological polar surface area (TPSA) is 9.23 Å². The Labute approximate surface area is 94.7 Å². The number of hydrogen-bond acceptors (Lipinski definition) is 1. The van der Waals surface area contributed by atoms with E-state index in [1.165, 1.54) is 34.5 Å². The van der Waals surface area contributed by atoms with Gasteiger partial charge in [-0.15, -0.1) is 12.1 Å². The molecule has 0 bridgehead atoms. The summed E-state index contributed by atoms with van der Waals surface area (Å²) in [7, 11) is 0. The monoisotopic (exact) mass is 296 g/mol. The average Bonchev–Trinajstić information content (AvgIpc) is 2.12. The molecule has 1 aromatic carbocycles. The Morgan fingerprint density at radius 3 is 2.62 bits per heavy atom. The minimum atomic E-state index is -0.336. The fraction of sp³-hybridized carbons (Fsp3) is 0.333. The van der Waals surface area contributed by atoms with Gasteiger partial charge in [0, 0.05) is 5.75 Å². The molecule has 0 fully saturated rings. The Hall–Kier alpha value is 0.0534.